The van der Waals surface area contributed by atoms with E-state index in [2.05, 4.69) is 78.7 Å². The van der Waals surface area contributed by atoms with Crippen molar-refractivity contribution in [3.05, 3.63) is 79.3 Å². The predicted octanol–water partition coefficient (Wildman–Crippen LogP) is -2.76. The molecule has 2 saturated heterocycles. The van der Waals surface area contributed by atoms with Gasteiger partial charge in [-0.05, 0) is 17.7 Å². The van der Waals surface area contributed by atoms with E-state index in [-0.39, 0.29) is 33.6 Å². The Morgan fingerprint density at radius 2 is 1.27 bits per heavy atom. The number of aliphatic hydroxyl groups is 8. The zero-order chi connectivity index (χ0) is 44.5. The van der Waals surface area contributed by atoms with Gasteiger partial charge < -0.3 is 74.5 Å². The Morgan fingerprint density at radius 1 is 0.710 bits per heavy atom. The molecule has 10 atom stereocenters. The first-order chi connectivity index (χ1) is 29.7. The van der Waals surface area contributed by atoms with Crippen LogP contribution in [-0.4, -0.2) is 183 Å². The number of tetrazole rings is 1. The molecular formula is C38H44N9O14Re-3. The van der Waals surface area contributed by atoms with E-state index in [1.165, 1.54) is 4.68 Å². The fourth-order valence-electron chi connectivity index (χ4n) is 6.23. The summed E-state index contributed by atoms with van der Waals surface area (Å²) in [6, 6.07) is 19.4. The Kier molecular flexibility index (Phi) is 21.4. The number of rotatable bonds is 10. The number of fused-ring (bicyclic) bond motifs is 3. The molecular weight excluding hydrogens is 993 g/mol. The van der Waals surface area contributed by atoms with Crippen LogP contribution in [0.5, 0.6) is 0 Å². The predicted molar refractivity (Wildman–Crippen MR) is 209 cm³/mol. The summed E-state index contributed by atoms with van der Waals surface area (Å²) in [7, 11) is 1.00. The fourth-order valence-corrected chi connectivity index (χ4v) is 6.23. The SMILES string of the molecule is CO.OCC1O[C@@H](O[C@H]2C(CO)O[C@H](OCCn3cc(-c4ccc(-c5nn[n-]n5)cc4)nn3)[C@H](O)C2O)[C@H](O)C(O)[C@H]1O.[CH-]=O.[CH-]=O.[Re].c1cnc2c(c1)ccc1cccnc12. The van der Waals surface area contributed by atoms with Crippen molar-refractivity contribution in [3.63, 3.8) is 0 Å². The zero-order valence-electron chi connectivity index (χ0n) is 32.7. The topological polar surface area (TPSA) is 342 Å². The van der Waals surface area contributed by atoms with E-state index >= 15 is 0 Å². The van der Waals surface area contributed by atoms with Gasteiger partial charge >= 0.3 is 0 Å². The molecule has 0 aliphatic carbocycles. The Balaban J connectivity index is 0.000000404. The van der Waals surface area contributed by atoms with Crippen LogP contribution in [0, 0.1) is 0 Å². The molecule has 8 rings (SSSR count). The maximum atomic E-state index is 10.7. The fraction of sp³-hybridized carbons (Fsp3) is 0.395. The third-order valence-corrected chi connectivity index (χ3v) is 9.20. The first-order valence-corrected chi connectivity index (χ1v) is 18.2. The molecule has 335 valence electrons. The number of benzene rings is 2. The van der Waals surface area contributed by atoms with Gasteiger partial charge in [0, 0.05) is 56.3 Å². The van der Waals surface area contributed by atoms with Gasteiger partial charge in [0.25, 0.3) is 0 Å². The number of carbonyl (C=O) groups excluding carboxylic acids is 2. The van der Waals surface area contributed by atoms with E-state index in [0.717, 1.165) is 40.0 Å². The summed E-state index contributed by atoms with van der Waals surface area (Å²) in [5.74, 6) is 0.407. The molecule has 0 saturated carbocycles. The molecule has 0 amide bonds. The van der Waals surface area contributed by atoms with E-state index in [1.54, 1.807) is 30.7 Å². The Hall–Kier alpha value is -5.01. The second-order valence-electron chi connectivity index (χ2n) is 12.7. The van der Waals surface area contributed by atoms with Crippen LogP contribution in [0.2, 0.25) is 0 Å². The average molecular weight is 1040 g/mol. The minimum atomic E-state index is -1.75. The minimum absolute atomic E-state index is 0. The second-order valence-corrected chi connectivity index (χ2v) is 12.7. The second kappa shape index (κ2) is 25.8. The molecule has 2 fully saturated rings. The third kappa shape index (κ3) is 12.3. The molecule has 24 heteroatoms. The number of aliphatic hydroxyl groups excluding tert-OH is 8. The molecule has 6 heterocycles. The molecule has 2 aliphatic heterocycles. The molecule has 2 aromatic carbocycles. The summed E-state index contributed by atoms with van der Waals surface area (Å²) >= 11 is 0. The van der Waals surface area contributed by atoms with Crippen molar-refractivity contribution in [3.8, 4) is 22.6 Å². The van der Waals surface area contributed by atoms with Crippen molar-refractivity contribution in [2.24, 2.45) is 0 Å². The van der Waals surface area contributed by atoms with E-state index in [0.29, 0.717) is 11.5 Å². The summed E-state index contributed by atoms with van der Waals surface area (Å²) in [5, 5.41) is 103. The average Bonchev–Trinajstić information content (AvgIpc) is 4.05. The van der Waals surface area contributed by atoms with E-state index in [9.17, 15) is 35.7 Å². The van der Waals surface area contributed by atoms with Crippen molar-refractivity contribution in [1.82, 2.24) is 45.6 Å². The van der Waals surface area contributed by atoms with Crippen LogP contribution in [0.15, 0.2) is 79.3 Å². The number of hydrogen-bond acceptors (Lipinski definition) is 21. The maximum Gasteiger partial charge on any atom is 0.187 e. The van der Waals surface area contributed by atoms with E-state index in [4.69, 9.17) is 33.6 Å². The maximum absolute atomic E-state index is 10.7. The third-order valence-electron chi connectivity index (χ3n) is 9.20. The smallest absolute Gasteiger partial charge is 0.187 e. The van der Waals surface area contributed by atoms with Gasteiger partial charge in [0.15, 0.2) is 12.6 Å². The van der Waals surface area contributed by atoms with Crippen molar-refractivity contribution in [1.29, 1.82) is 0 Å². The van der Waals surface area contributed by atoms with E-state index < -0.39 is 74.6 Å². The normalized spacial score (nSPS) is 25.2. The van der Waals surface area contributed by atoms with Crippen molar-refractivity contribution >= 4 is 35.4 Å². The molecule has 23 nitrogen and oxygen atoms in total. The van der Waals surface area contributed by atoms with Crippen molar-refractivity contribution in [2.45, 2.75) is 68.0 Å². The van der Waals surface area contributed by atoms with Gasteiger partial charge in [0.1, 0.15) is 54.5 Å². The standard InChI is InChI=1S/C23H30N7O11.C12H8N2.CH4O.2CHO.Re/c31-8-13-15(33)16(34)18(36)23(39-13)41-20-14(9-32)40-22(19(37)17(20)35)38-6-5-30-7-12(24-29-30)10-1-3-11(4-2-10)21-25-27-28-26-21;1-3-9-5-6-10-4-2-8-14-12(10)11(9)13-7-1;3*1-2;/h1-4,7,13-20,22-23,31-37H,5-6,8-9H2;1-8H;2H,1H3;2*1H;/q-1;;;2*-1;/t13?,14?,15-,16?,17?,18+,19+,20-,22-,23-;;;;;/m0...../s1. The summed E-state index contributed by atoms with van der Waals surface area (Å²) in [6.45, 7) is 5.35. The zero-order valence-corrected chi connectivity index (χ0v) is 35.4. The van der Waals surface area contributed by atoms with Gasteiger partial charge in [0.2, 0.25) is 0 Å². The van der Waals surface area contributed by atoms with Crippen molar-refractivity contribution < 1.29 is 89.8 Å². The largest absolute Gasteiger partial charge is 0.545 e. The quantitative estimate of drug-likeness (QED) is 0.0391. The summed E-state index contributed by atoms with van der Waals surface area (Å²) in [6.07, 6.45) is -9.93. The van der Waals surface area contributed by atoms with E-state index in [1.807, 2.05) is 24.3 Å². The van der Waals surface area contributed by atoms with Gasteiger partial charge in [0.05, 0.1) is 49.4 Å². The van der Waals surface area contributed by atoms with Gasteiger partial charge in [-0.25, -0.2) is 9.78 Å². The summed E-state index contributed by atoms with van der Waals surface area (Å²) < 4.78 is 23.5. The van der Waals surface area contributed by atoms with Crippen LogP contribution in [-0.2, 0) is 55.5 Å². The molecule has 2 aliphatic rings. The Morgan fingerprint density at radius 3 is 1.84 bits per heavy atom. The number of ether oxygens (including phenoxy) is 4. The Bertz CT molecular complexity index is 2120. The summed E-state index contributed by atoms with van der Waals surface area (Å²) in [5.41, 5.74) is 4.08. The molecule has 1 radical (unpaired) electrons. The summed E-state index contributed by atoms with van der Waals surface area (Å²) in [4.78, 5) is 24.2. The van der Waals surface area contributed by atoms with Gasteiger partial charge in [-0.2, -0.15) is 0 Å². The molecule has 4 unspecified atom stereocenters. The van der Waals surface area contributed by atoms with Crippen LogP contribution in [0.4, 0.5) is 0 Å². The number of pyridine rings is 2. The molecule has 62 heavy (non-hydrogen) atoms. The molecule has 0 bridgehead atoms. The number of aromatic nitrogens is 9. The molecule has 4 aromatic heterocycles. The number of nitrogens with zero attached hydrogens (tertiary/aromatic N) is 9. The molecule has 6 aromatic rings. The van der Waals surface area contributed by atoms with Crippen LogP contribution < -0.4 is 5.21 Å². The first kappa shape index (κ1) is 51.3. The minimum Gasteiger partial charge on any atom is -0.545 e. The van der Waals surface area contributed by atoms with Gasteiger partial charge in [-0.3, -0.25) is 34.0 Å². The van der Waals surface area contributed by atoms with Crippen LogP contribution >= 0.6 is 0 Å². The molecule has 8 N–H and O–H groups in total. The van der Waals surface area contributed by atoms with Gasteiger partial charge in [-0.15, -0.1) is 5.10 Å². The molecule has 0 spiro atoms. The van der Waals surface area contributed by atoms with Gasteiger partial charge in [-0.1, -0.05) is 53.7 Å². The van der Waals surface area contributed by atoms with Crippen LogP contribution in [0.3, 0.4) is 0 Å². The first-order valence-electron chi connectivity index (χ1n) is 18.2. The Labute approximate surface area is 366 Å². The van der Waals surface area contributed by atoms with Crippen molar-refractivity contribution in [2.75, 3.05) is 26.9 Å². The monoisotopic (exact) mass is 1040 g/mol. The van der Waals surface area contributed by atoms with Crippen LogP contribution in [0.25, 0.3) is 44.5 Å². The number of hydrogen-bond donors (Lipinski definition) is 8. The van der Waals surface area contributed by atoms with Crippen LogP contribution in [0.1, 0.15) is 0 Å².